The van der Waals surface area contributed by atoms with Crippen LogP contribution in [-0.2, 0) is 0 Å². The standard InChI is InChI=1S/C14H24N2O2/c1-4-7-16(8-5-2)10-6-9-15(3)12-11-13(17)14(12)18/h11H,4-10H2,1-3H3. The van der Waals surface area contributed by atoms with Gasteiger partial charge in [0, 0.05) is 19.7 Å². The van der Waals surface area contributed by atoms with E-state index in [0.717, 1.165) is 32.6 Å². The molecule has 0 saturated carbocycles. The van der Waals surface area contributed by atoms with Crippen molar-refractivity contribution in [1.29, 1.82) is 0 Å². The third-order valence-electron chi connectivity index (χ3n) is 3.18. The zero-order chi connectivity index (χ0) is 13.5. The van der Waals surface area contributed by atoms with Crippen LogP contribution in [0.15, 0.2) is 15.7 Å². The molecule has 4 nitrogen and oxygen atoms in total. The second-order valence-corrected chi connectivity index (χ2v) is 4.84. The molecule has 0 bridgehead atoms. The minimum absolute atomic E-state index is 0.337. The van der Waals surface area contributed by atoms with Crippen LogP contribution in [0.3, 0.4) is 0 Å². The van der Waals surface area contributed by atoms with Crippen molar-refractivity contribution in [3.63, 3.8) is 0 Å². The van der Waals surface area contributed by atoms with Crippen molar-refractivity contribution in [2.45, 2.75) is 33.1 Å². The zero-order valence-corrected chi connectivity index (χ0v) is 11.7. The number of hydrogen-bond acceptors (Lipinski definition) is 4. The Labute approximate surface area is 109 Å². The SMILES string of the molecule is CCCN(CCC)CCCN(C)c1cc(=O)c1=O. The minimum atomic E-state index is -0.365. The van der Waals surface area contributed by atoms with Crippen LogP contribution in [-0.4, -0.2) is 38.1 Å². The summed E-state index contributed by atoms with van der Waals surface area (Å²) in [4.78, 5) is 26.4. The van der Waals surface area contributed by atoms with Gasteiger partial charge in [-0.25, -0.2) is 0 Å². The van der Waals surface area contributed by atoms with Gasteiger partial charge in [-0.15, -0.1) is 0 Å². The Hall–Kier alpha value is -1.16. The lowest BCUT2D eigenvalue weighted by atomic mass is 10.2. The van der Waals surface area contributed by atoms with Crippen molar-refractivity contribution in [3.05, 3.63) is 26.5 Å². The van der Waals surface area contributed by atoms with E-state index in [1.165, 1.54) is 18.9 Å². The third-order valence-corrected chi connectivity index (χ3v) is 3.18. The first-order valence-corrected chi connectivity index (χ1v) is 6.84. The Morgan fingerprint density at radius 1 is 1.00 bits per heavy atom. The fourth-order valence-electron chi connectivity index (χ4n) is 2.21. The van der Waals surface area contributed by atoms with Crippen molar-refractivity contribution < 1.29 is 0 Å². The van der Waals surface area contributed by atoms with Gasteiger partial charge >= 0.3 is 0 Å². The molecule has 0 unspecified atom stereocenters. The highest BCUT2D eigenvalue weighted by atomic mass is 16.2. The van der Waals surface area contributed by atoms with Crippen LogP contribution in [0.5, 0.6) is 0 Å². The van der Waals surface area contributed by atoms with Crippen LogP contribution >= 0.6 is 0 Å². The summed E-state index contributed by atoms with van der Waals surface area (Å²) in [6, 6.07) is 1.43. The average molecular weight is 252 g/mol. The lowest BCUT2D eigenvalue weighted by molar-refractivity contribution is 0.272. The van der Waals surface area contributed by atoms with Gasteiger partial charge < -0.3 is 9.80 Å². The molecular formula is C14H24N2O2. The van der Waals surface area contributed by atoms with E-state index in [0.29, 0.717) is 5.69 Å². The molecule has 1 aromatic rings. The topological polar surface area (TPSA) is 40.6 Å². The molecule has 1 aromatic carbocycles. The van der Waals surface area contributed by atoms with Gasteiger partial charge in [0.25, 0.3) is 0 Å². The molecule has 4 heteroatoms. The first kappa shape index (κ1) is 14.9. The summed E-state index contributed by atoms with van der Waals surface area (Å²) in [5, 5.41) is 0. The summed E-state index contributed by atoms with van der Waals surface area (Å²) in [5.41, 5.74) is -0.135. The highest BCUT2D eigenvalue weighted by Gasteiger charge is 2.13. The summed E-state index contributed by atoms with van der Waals surface area (Å²) < 4.78 is 0. The maximum Gasteiger partial charge on any atom is 0.249 e. The zero-order valence-electron chi connectivity index (χ0n) is 11.7. The molecule has 0 spiro atoms. The normalized spacial score (nSPS) is 11.3. The Balaban J connectivity index is 2.30. The smallest absolute Gasteiger partial charge is 0.249 e. The molecule has 0 heterocycles. The summed E-state index contributed by atoms with van der Waals surface area (Å²) in [6.45, 7) is 8.54. The Kier molecular flexibility index (Phi) is 6.05. The van der Waals surface area contributed by atoms with E-state index in [4.69, 9.17) is 0 Å². The highest BCUT2D eigenvalue weighted by molar-refractivity contribution is 5.49. The molecule has 0 N–H and O–H groups in total. The fraction of sp³-hybridized carbons (Fsp3) is 0.714. The predicted molar refractivity (Wildman–Crippen MR) is 76.3 cm³/mol. The molecule has 102 valence electrons. The van der Waals surface area contributed by atoms with E-state index in [1.807, 2.05) is 11.9 Å². The van der Waals surface area contributed by atoms with Crippen LogP contribution in [0.4, 0.5) is 5.69 Å². The van der Waals surface area contributed by atoms with E-state index in [9.17, 15) is 9.59 Å². The first-order valence-electron chi connectivity index (χ1n) is 6.84. The number of rotatable bonds is 9. The van der Waals surface area contributed by atoms with Gasteiger partial charge in [-0.3, -0.25) is 9.59 Å². The summed E-state index contributed by atoms with van der Waals surface area (Å²) in [5.74, 6) is 0. The molecule has 0 aromatic heterocycles. The molecule has 0 fully saturated rings. The largest absolute Gasteiger partial charge is 0.371 e. The van der Waals surface area contributed by atoms with Crippen LogP contribution in [0.1, 0.15) is 33.1 Å². The van der Waals surface area contributed by atoms with Crippen molar-refractivity contribution in [1.82, 2.24) is 4.90 Å². The van der Waals surface area contributed by atoms with Gasteiger partial charge in [-0.05, 0) is 38.9 Å². The molecule has 0 aliphatic rings. The Morgan fingerprint density at radius 3 is 2.06 bits per heavy atom. The molecule has 0 amide bonds. The monoisotopic (exact) mass is 252 g/mol. The van der Waals surface area contributed by atoms with E-state index >= 15 is 0 Å². The van der Waals surface area contributed by atoms with E-state index in [1.54, 1.807) is 0 Å². The Morgan fingerprint density at radius 2 is 1.61 bits per heavy atom. The minimum Gasteiger partial charge on any atom is -0.371 e. The fourth-order valence-corrected chi connectivity index (χ4v) is 2.21. The average Bonchev–Trinajstić information content (AvgIpc) is 2.35. The second kappa shape index (κ2) is 7.31. The predicted octanol–water partition coefficient (Wildman–Crippen LogP) is 1.23. The van der Waals surface area contributed by atoms with Crippen LogP contribution in [0.2, 0.25) is 0 Å². The lowest BCUT2D eigenvalue weighted by Crippen LogP contribution is -2.38. The highest BCUT2D eigenvalue weighted by Crippen LogP contribution is 2.05. The molecule has 0 radical (unpaired) electrons. The molecule has 0 aliphatic heterocycles. The van der Waals surface area contributed by atoms with Gasteiger partial charge in [0.1, 0.15) is 0 Å². The molecule has 18 heavy (non-hydrogen) atoms. The maximum absolute atomic E-state index is 11.2. The number of nitrogens with zero attached hydrogens (tertiary/aromatic N) is 2. The molecule has 0 aliphatic carbocycles. The van der Waals surface area contributed by atoms with Crippen LogP contribution in [0.25, 0.3) is 0 Å². The third kappa shape index (κ3) is 3.95. The lowest BCUT2D eigenvalue weighted by Gasteiger charge is -2.24. The first-order chi connectivity index (χ1) is 8.60. The molecule has 0 saturated heterocycles. The van der Waals surface area contributed by atoms with Crippen LogP contribution < -0.4 is 15.8 Å². The van der Waals surface area contributed by atoms with Crippen molar-refractivity contribution in [3.8, 4) is 0 Å². The summed E-state index contributed by atoms with van der Waals surface area (Å²) in [6.07, 6.45) is 3.37. The molecule has 0 atom stereocenters. The van der Waals surface area contributed by atoms with E-state index in [-0.39, 0.29) is 10.9 Å². The Bertz CT molecular complexity index is 415. The van der Waals surface area contributed by atoms with Crippen molar-refractivity contribution in [2.75, 3.05) is 38.1 Å². The quantitative estimate of drug-likeness (QED) is 0.620. The summed E-state index contributed by atoms with van der Waals surface area (Å²) >= 11 is 0. The van der Waals surface area contributed by atoms with Gasteiger partial charge in [0.15, 0.2) is 0 Å². The van der Waals surface area contributed by atoms with Gasteiger partial charge in [0.2, 0.25) is 10.9 Å². The van der Waals surface area contributed by atoms with Gasteiger partial charge in [-0.2, -0.15) is 0 Å². The van der Waals surface area contributed by atoms with E-state index < -0.39 is 0 Å². The van der Waals surface area contributed by atoms with Gasteiger partial charge in [-0.1, -0.05) is 13.8 Å². The van der Waals surface area contributed by atoms with E-state index in [2.05, 4.69) is 18.7 Å². The molecule has 1 rings (SSSR count). The number of hydrogen-bond donors (Lipinski definition) is 0. The second-order valence-electron chi connectivity index (χ2n) is 4.84. The maximum atomic E-state index is 11.2. The van der Waals surface area contributed by atoms with Crippen molar-refractivity contribution >= 4 is 5.69 Å². The van der Waals surface area contributed by atoms with Crippen molar-refractivity contribution in [2.24, 2.45) is 0 Å². The molecular weight excluding hydrogens is 228 g/mol. The van der Waals surface area contributed by atoms with Gasteiger partial charge in [0.05, 0.1) is 5.69 Å². The van der Waals surface area contributed by atoms with Crippen LogP contribution in [0, 0.1) is 0 Å². The summed E-state index contributed by atoms with van der Waals surface area (Å²) in [7, 11) is 1.88. The number of anilines is 1.